The summed E-state index contributed by atoms with van der Waals surface area (Å²) >= 11 is 0. The summed E-state index contributed by atoms with van der Waals surface area (Å²) in [6.07, 6.45) is 25.8. The van der Waals surface area contributed by atoms with Gasteiger partial charge in [-0.3, -0.25) is 14.9 Å². The molecule has 0 aromatic carbocycles. The Bertz CT molecular complexity index is 545. The van der Waals surface area contributed by atoms with Crippen LogP contribution in [-0.4, -0.2) is 22.0 Å². The molecule has 0 amide bonds. The molecule has 0 aliphatic rings. The SMILES string of the molecule is CC/C=C/C/C=C/C/C=C/CCC(C/C=C/C/C=C/CCC(=O)O)[N+](=O)[O-]. The molecule has 0 spiro atoms. The van der Waals surface area contributed by atoms with Crippen LogP contribution in [0.25, 0.3) is 0 Å². The smallest absolute Gasteiger partial charge is 0.303 e. The van der Waals surface area contributed by atoms with Crippen molar-refractivity contribution in [1.82, 2.24) is 0 Å². The Morgan fingerprint density at radius 3 is 1.96 bits per heavy atom. The van der Waals surface area contributed by atoms with Crippen molar-refractivity contribution in [2.45, 2.75) is 70.8 Å². The van der Waals surface area contributed by atoms with Gasteiger partial charge in [0.2, 0.25) is 6.04 Å². The van der Waals surface area contributed by atoms with Crippen LogP contribution in [-0.2, 0) is 4.79 Å². The van der Waals surface area contributed by atoms with Crippen molar-refractivity contribution in [2.75, 3.05) is 0 Å². The normalized spacial score (nSPS) is 13.7. The molecule has 0 heterocycles. The van der Waals surface area contributed by atoms with Crippen LogP contribution >= 0.6 is 0 Å². The summed E-state index contributed by atoms with van der Waals surface area (Å²) in [4.78, 5) is 21.3. The minimum absolute atomic E-state index is 0.128. The first kappa shape index (κ1) is 24.6. The molecule has 150 valence electrons. The predicted octanol–water partition coefficient (Wildman–Crippen LogP) is 6.03. The third kappa shape index (κ3) is 18.2. The number of nitro groups is 1. The highest BCUT2D eigenvalue weighted by Gasteiger charge is 2.16. The Morgan fingerprint density at radius 1 is 0.889 bits per heavy atom. The number of allylic oxidation sites excluding steroid dienone is 9. The van der Waals surface area contributed by atoms with E-state index in [1.54, 1.807) is 0 Å². The van der Waals surface area contributed by atoms with Gasteiger partial charge in [-0.2, -0.15) is 0 Å². The van der Waals surface area contributed by atoms with Gasteiger partial charge in [-0.25, -0.2) is 0 Å². The van der Waals surface area contributed by atoms with Crippen LogP contribution in [0.1, 0.15) is 64.7 Å². The van der Waals surface area contributed by atoms with Crippen molar-refractivity contribution < 1.29 is 14.8 Å². The number of carboxylic acid groups (broad SMARTS) is 1. The maximum atomic E-state index is 11.1. The molecule has 0 rings (SSSR count). The first-order chi connectivity index (χ1) is 13.1. The molecule has 0 aliphatic carbocycles. The van der Waals surface area contributed by atoms with Crippen molar-refractivity contribution in [3.63, 3.8) is 0 Å². The van der Waals surface area contributed by atoms with Gasteiger partial charge in [-0.1, -0.05) is 67.7 Å². The first-order valence-electron chi connectivity index (χ1n) is 9.68. The zero-order valence-corrected chi connectivity index (χ0v) is 16.3. The highest BCUT2D eigenvalue weighted by Crippen LogP contribution is 2.09. The Balaban J connectivity index is 3.95. The van der Waals surface area contributed by atoms with E-state index in [0.717, 1.165) is 19.3 Å². The van der Waals surface area contributed by atoms with Crippen LogP contribution < -0.4 is 0 Å². The monoisotopic (exact) mass is 375 g/mol. The Labute approximate surface area is 163 Å². The molecule has 0 saturated heterocycles. The molecule has 1 N–H and O–H groups in total. The van der Waals surface area contributed by atoms with E-state index < -0.39 is 12.0 Å². The van der Waals surface area contributed by atoms with Gasteiger partial charge in [0.05, 0.1) is 0 Å². The quantitative estimate of drug-likeness (QED) is 0.203. The zero-order chi connectivity index (χ0) is 20.2. The van der Waals surface area contributed by atoms with Gasteiger partial charge < -0.3 is 5.11 Å². The zero-order valence-electron chi connectivity index (χ0n) is 16.3. The molecule has 1 atom stereocenters. The van der Waals surface area contributed by atoms with Gasteiger partial charge >= 0.3 is 5.97 Å². The highest BCUT2D eigenvalue weighted by molar-refractivity contribution is 5.66. The van der Waals surface area contributed by atoms with E-state index in [2.05, 4.69) is 37.3 Å². The first-order valence-corrected chi connectivity index (χ1v) is 9.68. The Kier molecular flexibility index (Phi) is 16.7. The summed E-state index contributed by atoms with van der Waals surface area (Å²) in [5.74, 6) is -0.807. The van der Waals surface area contributed by atoms with E-state index in [1.165, 1.54) is 0 Å². The number of hydrogen-bond acceptors (Lipinski definition) is 3. The van der Waals surface area contributed by atoms with E-state index in [-0.39, 0.29) is 11.3 Å². The Morgan fingerprint density at radius 2 is 1.41 bits per heavy atom. The van der Waals surface area contributed by atoms with Crippen LogP contribution in [0, 0.1) is 10.1 Å². The Hall–Kier alpha value is -2.43. The lowest BCUT2D eigenvalue weighted by molar-refractivity contribution is -0.522. The number of hydrogen-bond donors (Lipinski definition) is 1. The number of rotatable bonds is 16. The summed E-state index contributed by atoms with van der Waals surface area (Å²) < 4.78 is 0. The molecular weight excluding hydrogens is 342 g/mol. The topological polar surface area (TPSA) is 80.4 Å². The molecule has 0 aromatic rings. The highest BCUT2D eigenvalue weighted by atomic mass is 16.6. The maximum Gasteiger partial charge on any atom is 0.303 e. The molecule has 27 heavy (non-hydrogen) atoms. The van der Waals surface area contributed by atoms with E-state index in [1.807, 2.05) is 30.4 Å². The van der Waals surface area contributed by atoms with E-state index in [4.69, 9.17) is 5.11 Å². The van der Waals surface area contributed by atoms with Crippen molar-refractivity contribution in [2.24, 2.45) is 0 Å². The molecule has 0 aromatic heterocycles. The third-order valence-electron chi connectivity index (χ3n) is 3.78. The summed E-state index contributed by atoms with van der Waals surface area (Å²) in [5.41, 5.74) is 0. The molecule has 0 radical (unpaired) electrons. The van der Waals surface area contributed by atoms with Gasteiger partial charge in [0, 0.05) is 24.2 Å². The number of carboxylic acids is 1. The van der Waals surface area contributed by atoms with Crippen molar-refractivity contribution >= 4 is 5.97 Å². The number of carbonyl (C=O) groups is 1. The minimum atomic E-state index is -0.807. The van der Waals surface area contributed by atoms with Crippen molar-refractivity contribution in [3.8, 4) is 0 Å². The molecule has 0 bridgehead atoms. The summed E-state index contributed by atoms with van der Waals surface area (Å²) in [6.45, 7) is 2.11. The van der Waals surface area contributed by atoms with E-state index in [9.17, 15) is 14.9 Å². The van der Waals surface area contributed by atoms with Crippen LogP contribution in [0.3, 0.4) is 0 Å². The second-order valence-electron chi connectivity index (χ2n) is 6.16. The van der Waals surface area contributed by atoms with Gasteiger partial charge in [0.15, 0.2) is 0 Å². The van der Waals surface area contributed by atoms with Crippen molar-refractivity contribution in [3.05, 3.63) is 70.9 Å². The van der Waals surface area contributed by atoms with E-state index in [0.29, 0.717) is 32.1 Å². The molecule has 0 saturated carbocycles. The lowest BCUT2D eigenvalue weighted by Crippen LogP contribution is -2.18. The third-order valence-corrected chi connectivity index (χ3v) is 3.78. The average Bonchev–Trinajstić information content (AvgIpc) is 2.63. The van der Waals surface area contributed by atoms with Gasteiger partial charge in [0.25, 0.3) is 0 Å². The van der Waals surface area contributed by atoms with Gasteiger partial charge in [0.1, 0.15) is 0 Å². The second kappa shape index (κ2) is 18.4. The van der Waals surface area contributed by atoms with Gasteiger partial charge in [-0.05, 0) is 38.5 Å². The molecule has 5 heteroatoms. The number of nitrogens with zero attached hydrogens (tertiary/aromatic N) is 1. The van der Waals surface area contributed by atoms with Gasteiger partial charge in [-0.15, -0.1) is 0 Å². The fraction of sp³-hybridized carbons (Fsp3) is 0.500. The van der Waals surface area contributed by atoms with Crippen LogP contribution in [0.2, 0.25) is 0 Å². The molecule has 0 fully saturated rings. The molecule has 1 unspecified atom stereocenters. The van der Waals surface area contributed by atoms with Crippen LogP contribution in [0.15, 0.2) is 60.8 Å². The van der Waals surface area contributed by atoms with Crippen molar-refractivity contribution in [1.29, 1.82) is 0 Å². The lowest BCUT2D eigenvalue weighted by Gasteiger charge is -2.04. The predicted molar refractivity (Wildman–Crippen MR) is 111 cm³/mol. The largest absolute Gasteiger partial charge is 0.481 e. The standard InChI is InChI=1S/C22H33NO4/c1-2-3-4-5-6-7-8-9-12-15-18-21(23(26)27)19-16-13-10-11-14-17-20-22(24)25/h3-4,6-7,9,11-14,16,21H,2,5,8,10,15,17-20H2,1H3,(H,24,25)/b4-3+,7-6+,12-9+,14-11+,16-13+. The van der Waals surface area contributed by atoms with Crippen LogP contribution in [0.5, 0.6) is 0 Å². The second-order valence-corrected chi connectivity index (χ2v) is 6.16. The lowest BCUT2D eigenvalue weighted by atomic mass is 10.1. The fourth-order valence-corrected chi connectivity index (χ4v) is 2.27. The molecule has 0 aliphatic heterocycles. The maximum absolute atomic E-state index is 11.1. The molecular formula is C22H33NO4. The average molecular weight is 376 g/mol. The minimum Gasteiger partial charge on any atom is -0.481 e. The molecule has 5 nitrogen and oxygen atoms in total. The number of aliphatic carboxylic acids is 1. The van der Waals surface area contributed by atoms with E-state index >= 15 is 0 Å². The summed E-state index contributed by atoms with van der Waals surface area (Å²) in [5, 5.41) is 19.6. The fourth-order valence-electron chi connectivity index (χ4n) is 2.27. The summed E-state index contributed by atoms with van der Waals surface area (Å²) in [7, 11) is 0. The van der Waals surface area contributed by atoms with Crippen LogP contribution in [0.4, 0.5) is 0 Å². The summed E-state index contributed by atoms with van der Waals surface area (Å²) in [6, 6.07) is -0.559.